The Bertz CT molecular complexity index is 550. The summed E-state index contributed by atoms with van der Waals surface area (Å²) >= 11 is 0. The summed E-state index contributed by atoms with van der Waals surface area (Å²) in [5.41, 5.74) is 0.615. The van der Waals surface area contributed by atoms with Crippen molar-refractivity contribution in [1.29, 1.82) is 0 Å². The Morgan fingerprint density at radius 1 is 1.42 bits per heavy atom. The molecular weight excluding hydrogens is 306 g/mol. The Morgan fingerprint density at radius 2 is 2.21 bits per heavy atom. The third-order valence-electron chi connectivity index (χ3n) is 4.91. The fourth-order valence-corrected chi connectivity index (χ4v) is 3.32. The number of likely N-dealkylation sites (N-methyl/N-ethyl adjacent to an activating group) is 1. The lowest BCUT2D eigenvalue weighted by Crippen LogP contribution is -2.45. The van der Waals surface area contributed by atoms with Crippen molar-refractivity contribution < 1.29 is 14.7 Å². The highest BCUT2D eigenvalue weighted by Crippen LogP contribution is 2.30. The number of rotatable bonds is 6. The number of likely N-dealkylation sites (tertiary alicyclic amines) is 1. The fourth-order valence-electron chi connectivity index (χ4n) is 3.32. The molecule has 0 aromatic carbocycles. The monoisotopic (exact) mass is 333 g/mol. The van der Waals surface area contributed by atoms with E-state index < -0.39 is 0 Å². The van der Waals surface area contributed by atoms with Crippen LogP contribution in [-0.4, -0.2) is 65.0 Å². The third kappa shape index (κ3) is 4.54. The number of carbonyl (C=O) groups is 2. The molecule has 2 atom stereocenters. The van der Waals surface area contributed by atoms with Crippen molar-refractivity contribution in [3.8, 4) is 0 Å². The molecule has 1 saturated heterocycles. The zero-order valence-corrected chi connectivity index (χ0v) is 14.5. The van der Waals surface area contributed by atoms with Crippen molar-refractivity contribution in [2.24, 2.45) is 11.8 Å². The van der Waals surface area contributed by atoms with E-state index in [4.69, 9.17) is 5.11 Å². The molecule has 24 heavy (non-hydrogen) atoms. The minimum Gasteiger partial charge on any atom is -0.395 e. The summed E-state index contributed by atoms with van der Waals surface area (Å²) in [4.78, 5) is 32.3. The molecule has 6 nitrogen and oxygen atoms in total. The first kappa shape index (κ1) is 18.4. The van der Waals surface area contributed by atoms with Gasteiger partial charge >= 0.3 is 0 Å². The third-order valence-corrected chi connectivity index (χ3v) is 4.91. The molecule has 1 aliphatic heterocycles. The first-order valence-corrected chi connectivity index (χ1v) is 8.60. The van der Waals surface area contributed by atoms with E-state index in [0.717, 1.165) is 12.8 Å². The molecule has 2 amide bonds. The lowest BCUT2D eigenvalue weighted by atomic mass is 9.81. The molecule has 1 aliphatic rings. The number of nitrogens with zero attached hydrogens (tertiary/aromatic N) is 3. The highest BCUT2D eigenvalue weighted by molar-refractivity contribution is 5.93. The van der Waals surface area contributed by atoms with E-state index in [1.54, 1.807) is 36.5 Å². The maximum Gasteiger partial charge on any atom is 0.255 e. The van der Waals surface area contributed by atoms with Crippen LogP contribution in [0.25, 0.3) is 0 Å². The summed E-state index contributed by atoms with van der Waals surface area (Å²) in [7, 11) is 1.72. The Kier molecular flexibility index (Phi) is 6.73. The molecule has 1 aromatic rings. The van der Waals surface area contributed by atoms with Gasteiger partial charge in [0.15, 0.2) is 0 Å². The summed E-state index contributed by atoms with van der Waals surface area (Å²) in [6.07, 6.45) is 5.53. The van der Waals surface area contributed by atoms with E-state index >= 15 is 0 Å². The highest BCUT2D eigenvalue weighted by Gasteiger charge is 2.32. The Balaban J connectivity index is 1.96. The minimum atomic E-state index is -0.0164. The average molecular weight is 333 g/mol. The number of pyridine rings is 1. The molecule has 1 fully saturated rings. The second-order valence-electron chi connectivity index (χ2n) is 6.45. The predicted octanol–water partition coefficient (Wildman–Crippen LogP) is 1.41. The van der Waals surface area contributed by atoms with Crippen LogP contribution in [0.1, 0.15) is 36.5 Å². The molecule has 1 N–H and O–H groups in total. The van der Waals surface area contributed by atoms with Gasteiger partial charge in [0.1, 0.15) is 0 Å². The van der Waals surface area contributed by atoms with Gasteiger partial charge in [-0.25, -0.2) is 0 Å². The zero-order chi connectivity index (χ0) is 17.5. The molecule has 2 heterocycles. The number of piperidine rings is 1. The van der Waals surface area contributed by atoms with E-state index in [1.807, 2.05) is 4.90 Å². The van der Waals surface area contributed by atoms with Crippen LogP contribution in [0.2, 0.25) is 0 Å². The van der Waals surface area contributed by atoms with Crippen LogP contribution in [0.15, 0.2) is 24.5 Å². The van der Waals surface area contributed by atoms with Crippen molar-refractivity contribution >= 4 is 11.8 Å². The van der Waals surface area contributed by atoms with Gasteiger partial charge in [0.2, 0.25) is 5.91 Å². The zero-order valence-electron chi connectivity index (χ0n) is 14.5. The highest BCUT2D eigenvalue weighted by atomic mass is 16.3. The van der Waals surface area contributed by atoms with Gasteiger partial charge in [0, 0.05) is 45.5 Å². The largest absolute Gasteiger partial charge is 0.395 e. The smallest absolute Gasteiger partial charge is 0.255 e. The Hall–Kier alpha value is -1.95. The van der Waals surface area contributed by atoms with Crippen LogP contribution >= 0.6 is 0 Å². The van der Waals surface area contributed by atoms with Crippen LogP contribution < -0.4 is 0 Å². The van der Waals surface area contributed by atoms with Crippen molar-refractivity contribution in [3.05, 3.63) is 30.1 Å². The quantitative estimate of drug-likeness (QED) is 0.854. The summed E-state index contributed by atoms with van der Waals surface area (Å²) in [5.74, 6) is 0.704. The van der Waals surface area contributed by atoms with Crippen LogP contribution in [0.3, 0.4) is 0 Å². The van der Waals surface area contributed by atoms with Crippen molar-refractivity contribution in [2.75, 3.05) is 33.3 Å². The number of carbonyl (C=O) groups excluding carboxylic acids is 2. The first-order chi connectivity index (χ1) is 11.6. The molecule has 0 bridgehead atoms. The Labute approximate surface area is 143 Å². The molecule has 132 valence electrons. The molecule has 0 radical (unpaired) electrons. The number of hydrogen-bond acceptors (Lipinski definition) is 4. The topological polar surface area (TPSA) is 73.7 Å². The summed E-state index contributed by atoms with van der Waals surface area (Å²) < 4.78 is 0. The summed E-state index contributed by atoms with van der Waals surface area (Å²) in [6.45, 7) is 3.82. The predicted molar refractivity (Wildman–Crippen MR) is 91.4 cm³/mol. The van der Waals surface area contributed by atoms with Crippen molar-refractivity contribution in [1.82, 2.24) is 14.8 Å². The van der Waals surface area contributed by atoms with Crippen LogP contribution in [0.5, 0.6) is 0 Å². The number of hydrogen-bond donors (Lipinski definition) is 1. The molecule has 6 heteroatoms. The van der Waals surface area contributed by atoms with Gasteiger partial charge in [-0.3, -0.25) is 14.6 Å². The van der Waals surface area contributed by atoms with Gasteiger partial charge in [-0.2, -0.15) is 0 Å². The average Bonchev–Trinajstić information content (AvgIpc) is 2.62. The maximum atomic E-state index is 12.6. The van der Waals surface area contributed by atoms with E-state index in [1.165, 1.54) is 0 Å². The fraction of sp³-hybridized carbons (Fsp3) is 0.611. The van der Waals surface area contributed by atoms with Crippen LogP contribution in [0, 0.1) is 11.8 Å². The minimum absolute atomic E-state index is 0.0164. The van der Waals surface area contributed by atoms with Crippen LogP contribution in [-0.2, 0) is 4.79 Å². The number of aromatic nitrogens is 1. The molecule has 0 spiro atoms. The van der Waals surface area contributed by atoms with E-state index in [-0.39, 0.29) is 18.4 Å². The number of aliphatic hydroxyl groups excluding tert-OH is 1. The molecule has 0 saturated carbocycles. The van der Waals surface area contributed by atoms with Crippen LogP contribution in [0.4, 0.5) is 0 Å². The normalized spacial score (nSPS) is 20.7. The Morgan fingerprint density at radius 3 is 2.83 bits per heavy atom. The van der Waals surface area contributed by atoms with Gasteiger partial charge in [-0.1, -0.05) is 13.3 Å². The molecule has 2 rings (SSSR count). The first-order valence-electron chi connectivity index (χ1n) is 8.60. The van der Waals surface area contributed by atoms with E-state index in [0.29, 0.717) is 43.5 Å². The second-order valence-corrected chi connectivity index (χ2v) is 6.45. The molecule has 0 unspecified atom stereocenters. The van der Waals surface area contributed by atoms with E-state index in [9.17, 15) is 9.59 Å². The summed E-state index contributed by atoms with van der Waals surface area (Å²) in [6, 6.07) is 3.56. The lowest BCUT2D eigenvalue weighted by Gasteiger charge is -2.38. The number of aliphatic hydroxyl groups is 1. The van der Waals surface area contributed by atoms with Gasteiger partial charge < -0.3 is 14.9 Å². The van der Waals surface area contributed by atoms with E-state index in [2.05, 4.69) is 11.9 Å². The SMILES string of the molecule is CC[C@H]1CN(C(=O)c2cccnc2)CC[C@H]1CC(=O)N(C)CCO. The van der Waals surface area contributed by atoms with Crippen molar-refractivity contribution in [3.63, 3.8) is 0 Å². The lowest BCUT2D eigenvalue weighted by molar-refractivity contribution is -0.132. The number of amides is 2. The van der Waals surface area contributed by atoms with Gasteiger partial charge in [0.05, 0.1) is 12.2 Å². The molecule has 1 aromatic heterocycles. The molecular formula is C18H27N3O3. The van der Waals surface area contributed by atoms with Crippen molar-refractivity contribution in [2.45, 2.75) is 26.2 Å². The van der Waals surface area contributed by atoms with Gasteiger partial charge in [0.25, 0.3) is 5.91 Å². The second kappa shape index (κ2) is 8.78. The van der Waals surface area contributed by atoms with Gasteiger partial charge in [-0.15, -0.1) is 0 Å². The van der Waals surface area contributed by atoms with Gasteiger partial charge in [-0.05, 0) is 30.4 Å². The standard InChI is InChI=1S/C18H27N3O3/c1-3-14-13-21(18(24)16-5-4-7-19-12-16)8-6-15(14)11-17(23)20(2)9-10-22/h4-5,7,12,14-15,22H,3,6,8-11,13H2,1-2H3/t14-,15-/m0/s1. The maximum absolute atomic E-state index is 12.6. The summed E-state index contributed by atoms with van der Waals surface area (Å²) in [5, 5.41) is 8.95. The molecule has 0 aliphatic carbocycles.